The molecule has 2 saturated heterocycles. The van der Waals surface area contributed by atoms with E-state index in [0.29, 0.717) is 58.1 Å². The second kappa shape index (κ2) is 11.5. The molecule has 1 aromatic carbocycles. The van der Waals surface area contributed by atoms with E-state index in [-0.39, 0.29) is 47.0 Å². The van der Waals surface area contributed by atoms with E-state index in [9.17, 15) is 14.0 Å². The van der Waals surface area contributed by atoms with Crippen LogP contribution in [0.5, 0.6) is 0 Å². The predicted molar refractivity (Wildman–Crippen MR) is 133 cm³/mol. The summed E-state index contributed by atoms with van der Waals surface area (Å²) in [6, 6.07) is 6.18. The molecule has 2 aliphatic heterocycles. The quantitative estimate of drug-likeness (QED) is 0.628. The van der Waals surface area contributed by atoms with Gasteiger partial charge in [-0.05, 0) is 30.4 Å². The van der Waals surface area contributed by atoms with Gasteiger partial charge in [-0.3, -0.25) is 9.59 Å². The van der Waals surface area contributed by atoms with Gasteiger partial charge in [-0.2, -0.15) is 0 Å². The highest BCUT2D eigenvalue weighted by Gasteiger charge is 2.37. The molecule has 1 N–H and O–H groups in total. The third kappa shape index (κ3) is 5.59. The summed E-state index contributed by atoms with van der Waals surface area (Å²) in [6.07, 6.45) is 0.583. The van der Waals surface area contributed by atoms with E-state index in [1.165, 1.54) is 10.7 Å². The Balaban J connectivity index is 1.61. The normalized spacial score (nSPS) is 20.7. The molecule has 2 aromatic rings. The smallest absolute Gasteiger partial charge is 0.276 e. The number of carbonyl (C=O) groups is 2. The SMILES string of the molecule is CC(C)CN(C(=O)c1nnn(-c2ccccc2F)c1C(C)C)[C@@H]1CNC[C@H](C(=O)N2CCOCC2)C1. The molecule has 2 amide bonds. The lowest BCUT2D eigenvalue weighted by molar-refractivity contribution is -0.140. The number of para-hydroxylation sites is 1. The number of aromatic nitrogens is 3. The minimum atomic E-state index is -0.428. The summed E-state index contributed by atoms with van der Waals surface area (Å²) >= 11 is 0. The van der Waals surface area contributed by atoms with Crippen molar-refractivity contribution in [3.05, 3.63) is 41.5 Å². The maximum atomic E-state index is 14.6. The van der Waals surface area contributed by atoms with Crippen LogP contribution >= 0.6 is 0 Å². The van der Waals surface area contributed by atoms with Crippen LogP contribution in [0.2, 0.25) is 0 Å². The zero-order valence-corrected chi connectivity index (χ0v) is 21.6. The van der Waals surface area contributed by atoms with Crippen LogP contribution in [-0.4, -0.2) is 88.6 Å². The molecule has 0 radical (unpaired) electrons. The average Bonchev–Trinajstić information content (AvgIpc) is 3.32. The predicted octanol–water partition coefficient (Wildman–Crippen LogP) is 2.46. The molecule has 2 fully saturated rings. The topological polar surface area (TPSA) is 92.6 Å². The van der Waals surface area contributed by atoms with Gasteiger partial charge in [-0.1, -0.05) is 45.0 Å². The molecule has 2 atom stereocenters. The molecule has 9 nitrogen and oxygen atoms in total. The van der Waals surface area contributed by atoms with E-state index in [0.717, 1.165) is 0 Å². The number of amides is 2. The van der Waals surface area contributed by atoms with Gasteiger partial charge in [-0.25, -0.2) is 9.07 Å². The van der Waals surface area contributed by atoms with Crippen molar-refractivity contribution >= 4 is 11.8 Å². The molecule has 4 rings (SSSR count). The standard InChI is InChI=1S/C26H37FN6O3/c1-17(2)16-32(20-13-19(14-28-15-20)25(34)31-9-11-36-12-10-31)26(35)23-24(18(3)4)33(30-29-23)22-8-6-5-7-21(22)27/h5-8,17-20,28H,9-16H2,1-4H3/t19-,20+/m1/s1. The fraction of sp³-hybridized carbons (Fsp3) is 0.615. The third-order valence-electron chi connectivity index (χ3n) is 6.80. The van der Waals surface area contributed by atoms with Gasteiger partial charge in [0.15, 0.2) is 5.69 Å². The van der Waals surface area contributed by atoms with Crippen molar-refractivity contribution in [3.8, 4) is 5.69 Å². The maximum Gasteiger partial charge on any atom is 0.276 e. The Morgan fingerprint density at radius 3 is 2.56 bits per heavy atom. The first-order chi connectivity index (χ1) is 17.3. The Labute approximate surface area is 212 Å². The highest BCUT2D eigenvalue weighted by Crippen LogP contribution is 2.27. The number of rotatable bonds is 7. The first kappa shape index (κ1) is 26.2. The molecular weight excluding hydrogens is 463 g/mol. The zero-order chi connectivity index (χ0) is 25.8. The Hall–Kier alpha value is -2.85. The van der Waals surface area contributed by atoms with E-state index in [4.69, 9.17) is 4.74 Å². The van der Waals surface area contributed by atoms with E-state index < -0.39 is 5.82 Å². The Morgan fingerprint density at radius 2 is 1.89 bits per heavy atom. The summed E-state index contributed by atoms with van der Waals surface area (Å²) < 4.78 is 21.4. The average molecular weight is 501 g/mol. The van der Waals surface area contributed by atoms with E-state index >= 15 is 0 Å². The Kier molecular flexibility index (Phi) is 8.35. The van der Waals surface area contributed by atoms with Crippen LogP contribution in [0.1, 0.15) is 56.2 Å². The molecule has 36 heavy (non-hydrogen) atoms. The van der Waals surface area contributed by atoms with Crippen molar-refractivity contribution in [1.82, 2.24) is 30.1 Å². The second-order valence-corrected chi connectivity index (χ2v) is 10.4. The summed E-state index contributed by atoms with van der Waals surface area (Å²) in [6.45, 7) is 12.0. The van der Waals surface area contributed by atoms with Gasteiger partial charge in [0.05, 0.1) is 24.8 Å². The van der Waals surface area contributed by atoms with Gasteiger partial charge >= 0.3 is 0 Å². The fourth-order valence-electron chi connectivity index (χ4n) is 5.07. The number of nitrogens with one attached hydrogen (secondary N) is 1. The van der Waals surface area contributed by atoms with Crippen molar-refractivity contribution in [1.29, 1.82) is 0 Å². The largest absolute Gasteiger partial charge is 0.378 e. The van der Waals surface area contributed by atoms with Gasteiger partial charge < -0.3 is 19.9 Å². The van der Waals surface area contributed by atoms with Gasteiger partial charge in [0.2, 0.25) is 5.91 Å². The Morgan fingerprint density at radius 1 is 1.17 bits per heavy atom. The lowest BCUT2D eigenvalue weighted by Crippen LogP contribution is -2.56. The summed E-state index contributed by atoms with van der Waals surface area (Å²) in [5.74, 6) is -0.652. The lowest BCUT2D eigenvalue weighted by atomic mass is 9.92. The number of piperidine rings is 1. The first-order valence-electron chi connectivity index (χ1n) is 12.9. The minimum absolute atomic E-state index is 0.111. The number of carbonyl (C=O) groups excluding carboxylic acids is 2. The van der Waals surface area contributed by atoms with Crippen LogP contribution in [0.3, 0.4) is 0 Å². The van der Waals surface area contributed by atoms with Crippen molar-refractivity contribution < 1.29 is 18.7 Å². The maximum absolute atomic E-state index is 14.6. The highest BCUT2D eigenvalue weighted by molar-refractivity contribution is 5.94. The molecule has 2 aliphatic rings. The number of benzene rings is 1. The molecule has 0 spiro atoms. The number of ether oxygens (including phenoxy) is 1. The summed E-state index contributed by atoms with van der Waals surface area (Å²) in [7, 11) is 0. The van der Waals surface area contributed by atoms with Gasteiger partial charge in [0.25, 0.3) is 5.91 Å². The fourth-order valence-corrected chi connectivity index (χ4v) is 5.07. The van der Waals surface area contributed by atoms with Gasteiger partial charge in [0, 0.05) is 38.8 Å². The van der Waals surface area contributed by atoms with Crippen LogP contribution in [0.4, 0.5) is 4.39 Å². The van der Waals surface area contributed by atoms with Crippen LogP contribution < -0.4 is 5.32 Å². The molecule has 0 unspecified atom stereocenters. The number of morpholine rings is 1. The van der Waals surface area contributed by atoms with Crippen LogP contribution in [-0.2, 0) is 9.53 Å². The number of halogens is 1. The molecule has 0 aliphatic carbocycles. The van der Waals surface area contributed by atoms with Crippen molar-refractivity contribution in [2.45, 2.75) is 46.1 Å². The van der Waals surface area contributed by atoms with Gasteiger partial charge in [-0.15, -0.1) is 5.10 Å². The molecule has 0 saturated carbocycles. The van der Waals surface area contributed by atoms with Crippen LogP contribution in [0.15, 0.2) is 24.3 Å². The van der Waals surface area contributed by atoms with Crippen molar-refractivity contribution in [2.75, 3.05) is 45.9 Å². The summed E-state index contributed by atoms with van der Waals surface area (Å²) in [5, 5.41) is 11.8. The minimum Gasteiger partial charge on any atom is -0.378 e. The van der Waals surface area contributed by atoms with E-state index in [1.807, 2.05) is 23.6 Å². The molecule has 0 bridgehead atoms. The second-order valence-electron chi connectivity index (χ2n) is 10.4. The number of nitrogens with zero attached hydrogens (tertiary/aromatic N) is 5. The Bertz CT molecular complexity index is 1070. The highest BCUT2D eigenvalue weighted by atomic mass is 19.1. The monoisotopic (exact) mass is 500 g/mol. The van der Waals surface area contributed by atoms with E-state index in [2.05, 4.69) is 29.5 Å². The first-order valence-corrected chi connectivity index (χ1v) is 12.9. The van der Waals surface area contributed by atoms with Crippen molar-refractivity contribution in [2.24, 2.45) is 11.8 Å². The number of hydrogen-bond donors (Lipinski definition) is 1. The zero-order valence-electron chi connectivity index (χ0n) is 21.6. The third-order valence-corrected chi connectivity index (χ3v) is 6.80. The summed E-state index contributed by atoms with van der Waals surface area (Å²) in [5.41, 5.74) is 1.07. The molecule has 1 aromatic heterocycles. The van der Waals surface area contributed by atoms with Crippen LogP contribution in [0, 0.1) is 17.7 Å². The van der Waals surface area contributed by atoms with Crippen LogP contribution in [0.25, 0.3) is 5.69 Å². The van der Waals surface area contributed by atoms with Gasteiger partial charge in [0.1, 0.15) is 11.5 Å². The lowest BCUT2D eigenvalue weighted by Gasteiger charge is -2.40. The molecular formula is C26H37FN6O3. The summed E-state index contributed by atoms with van der Waals surface area (Å²) in [4.78, 5) is 30.9. The van der Waals surface area contributed by atoms with E-state index in [1.54, 1.807) is 18.2 Å². The van der Waals surface area contributed by atoms with Crippen molar-refractivity contribution in [3.63, 3.8) is 0 Å². The number of hydrogen-bond acceptors (Lipinski definition) is 6. The molecule has 3 heterocycles. The molecule has 10 heteroatoms. The molecule has 196 valence electrons.